The number of rotatable bonds is 5. The molecule has 0 fully saturated rings. The largest absolute Gasteiger partial charge is 0.494 e. The second-order valence-electron chi connectivity index (χ2n) is 4.84. The topological polar surface area (TPSA) is 42.4 Å². The number of benzene rings is 2. The predicted octanol–water partition coefficient (Wildman–Crippen LogP) is 4.17. The molecule has 3 aromatic rings. The maximum Gasteiger partial charge on any atom is 0.131 e. The lowest BCUT2D eigenvalue weighted by molar-refractivity contribution is 0.219. The fraction of sp³-hybridized carbons (Fsp3) is 0.235. The summed E-state index contributed by atoms with van der Waals surface area (Å²) in [4.78, 5) is 4.51. The molecule has 2 aromatic carbocycles. The van der Waals surface area contributed by atoms with Gasteiger partial charge in [0.15, 0.2) is 0 Å². The lowest BCUT2D eigenvalue weighted by Crippen LogP contribution is -2.00. The van der Waals surface area contributed by atoms with Crippen LogP contribution in [0.25, 0.3) is 10.2 Å². The van der Waals surface area contributed by atoms with Crippen LogP contribution in [-0.2, 0) is 0 Å². The van der Waals surface area contributed by atoms with Crippen molar-refractivity contribution in [3.63, 3.8) is 0 Å². The molecule has 0 amide bonds. The Kier molecular flexibility index (Phi) is 4.18. The third-order valence-corrected chi connectivity index (χ3v) is 4.28. The summed E-state index contributed by atoms with van der Waals surface area (Å²) < 4.78 is 6.70. The van der Waals surface area contributed by atoms with Crippen molar-refractivity contribution in [2.24, 2.45) is 0 Å². The summed E-state index contributed by atoms with van der Waals surface area (Å²) in [5.74, 6) is 0.787. The van der Waals surface area contributed by atoms with Crippen molar-refractivity contribution in [2.75, 3.05) is 6.61 Å². The minimum absolute atomic E-state index is 0.681. The Morgan fingerprint density at radius 3 is 2.86 bits per heavy atom. The Balaban J connectivity index is 1.88. The number of thiazole rings is 1. The van der Waals surface area contributed by atoms with Gasteiger partial charge in [0, 0.05) is 0 Å². The van der Waals surface area contributed by atoms with Gasteiger partial charge in [-0.25, -0.2) is 4.98 Å². The SMILES string of the molecule is CCCOc1cccc(C(O)c2nc3ccccc3s2)c1. The first-order chi connectivity index (χ1) is 10.3. The van der Waals surface area contributed by atoms with Gasteiger partial charge in [-0.15, -0.1) is 11.3 Å². The normalized spacial score (nSPS) is 12.5. The van der Waals surface area contributed by atoms with Gasteiger partial charge in [-0.2, -0.15) is 0 Å². The lowest BCUT2D eigenvalue weighted by Gasteiger charge is -2.10. The zero-order valence-electron chi connectivity index (χ0n) is 11.8. The van der Waals surface area contributed by atoms with Gasteiger partial charge in [0.05, 0.1) is 16.8 Å². The maximum absolute atomic E-state index is 10.5. The zero-order chi connectivity index (χ0) is 14.7. The van der Waals surface area contributed by atoms with Gasteiger partial charge in [0.25, 0.3) is 0 Å². The van der Waals surface area contributed by atoms with Crippen LogP contribution in [0.15, 0.2) is 48.5 Å². The van der Waals surface area contributed by atoms with Crippen molar-refractivity contribution in [2.45, 2.75) is 19.4 Å². The van der Waals surface area contributed by atoms with Crippen LogP contribution < -0.4 is 4.74 Å². The average molecular weight is 299 g/mol. The average Bonchev–Trinajstić information content (AvgIpc) is 2.96. The van der Waals surface area contributed by atoms with Crippen LogP contribution >= 0.6 is 11.3 Å². The highest BCUT2D eigenvalue weighted by Crippen LogP contribution is 2.31. The summed E-state index contributed by atoms with van der Waals surface area (Å²) in [6, 6.07) is 15.5. The molecular formula is C17H17NO2S. The third-order valence-electron chi connectivity index (χ3n) is 3.19. The molecule has 0 saturated carbocycles. The molecule has 1 heterocycles. The van der Waals surface area contributed by atoms with Crippen LogP contribution in [0.4, 0.5) is 0 Å². The molecular weight excluding hydrogens is 282 g/mol. The van der Waals surface area contributed by atoms with Crippen LogP contribution in [0.3, 0.4) is 0 Å². The van der Waals surface area contributed by atoms with E-state index in [0.717, 1.165) is 28.0 Å². The molecule has 0 radical (unpaired) electrons. The van der Waals surface area contributed by atoms with Crippen molar-refractivity contribution in [3.05, 3.63) is 59.1 Å². The summed E-state index contributed by atoms with van der Waals surface area (Å²) in [5, 5.41) is 11.2. The molecule has 0 saturated heterocycles. The second-order valence-corrected chi connectivity index (χ2v) is 5.91. The highest BCUT2D eigenvalue weighted by Gasteiger charge is 2.16. The number of nitrogens with zero attached hydrogens (tertiary/aromatic N) is 1. The van der Waals surface area contributed by atoms with Crippen molar-refractivity contribution in [1.82, 2.24) is 4.98 Å². The Bertz CT molecular complexity index is 705. The van der Waals surface area contributed by atoms with E-state index in [0.29, 0.717) is 11.6 Å². The molecule has 3 rings (SSSR count). The minimum Gasteiger partial charge on any atom is -0.494 e. The Morgan fingerprint density at radius 2 is 2.05 bits per heavy atom. The van der Waals surface area contributed by atoms with Crippen molar-refractivity contribution < 1.29 is 9.84 Å². The molecule has 108 valence electrons. The molecule has 1 atom stereocenters. The summed E-state index contributed by atoms with van der Waals surface area (Å²) in [7, 11) is 0. The van der Waals surface area contributed by atoms with E-state index in [9.17, 15) is 5.11 Å². The first-order valence-electron chi connectivity index (χ1n) is 7.04. The van der Waals surface area contributed by atoms with Gasteiger partial charge in [-0.1, -0.05) is 31.2 Å². The van der Waals surface area contributed by atoms with Crippen molar-refractivity contribution >= 4 is 21.6 Å². The molecule has 0 aliphatic rings. The highest BCUT2D eigenvalue weighted by molar-refractivity contribution is 7.18. The number of hydrogen-bond acceptors (Lipinski definition) is 4. The van der Waals surface area contributed by atoms with Gasteiger partial charge < -0.3 is 9.84 Å². The maximum atomic E-state index is 10.5. The van der Waals surface area contributed by atoms with Gasteiger partial charge in [0.1, 0.15) is 16.9 Å². The standard InChI is InChI=1S/C17H17NO2S/c1-2-10-20-13-7-5-6-12(11-13)16(19)17-18-14-8-3-4-9-15(14)21-17/h3-9,11,16,19H,2,10H2,1H3. The predicted molar refractivity (Wildman–Crippen MR) is 85.9 cm³/mol. The van der Waals surface area contributed by atoms with E-state index in [4.69, 9.17) is 4.74 Å². The highest BCUT2D eigenvalue weighted by atomic mass is 32.1. The molecule has 21 heavy (non-hydrogen) atoms. The number of ether oxygens (including phenoxy) is 1. The van der Waals surface area contributed by atoms with Crippen LogP contribution in [0, 0.1) is 0 Å². The number of aliphatic hydroxyl groups is 1. The molecule has 1 N–H and O–H groups in total. The molecule has 4 heteroatoms. The molecule has 0 aliphatic carbocycles. The van der Waals surface area contributed by atoms with E-state index in [1.165, 1.54) is 11.3 Å². The van der Waals surface area contributed by atoms with E-state index in [-0.39, 0.29) is 0 Å². The summed E-state index contributed by atoms with van der Waals surface area (Å²) in [6.07, 6.45) is 0.248. The molecule has 3 nitrogen and oxygen atoms in total. The third kappa shape index (κ3) is 3.06. The van der Waals surface area contributed by atoms with Crippen molar-refractivity contribution in [1.29, 1.82) is 0 Å². The molecule has 1 unspecified atom stereocenters. The molecule has 1 aromatic heterocycles. The molecule has 0 bridgehead atoms. The monoisotopic (exact) mass is 299 g/mol. The minimum atomic E-state index is -0.715. The fourth-order valence-corrected chi connectivity index (χ4v) is 3.13. The number of para-hydroxylation sites is 1. The fourth-order valence-electron chi connectivity index (χ4n) is 2.14. The van der Waals surface area contributed by atoms with E-state index < -0.39 is 6.10 Å². The Labute approximate surface area is 127 Å². The first-order valence-corrected chi connectivity index (χ1v) is 7.86. The van der Waals surface area contributed by atoms with E-state index in [1.54, 1.807) is 0 Å². The summed E-state index contributed by atoms with van der Waals surface area (Å²) in [6.45, 7) is 2.75. The quantitative estimate of drug-likeness (QED) is 0.769. The van der Waals surface area contributed by atoms with Crippen molar-refractivity contribution in [3.8, 4) is 5.75 Å². The Hall–Kier alpha value is -1.91. The Morgan fingerprint density at radius 1 is 1.19 bits per heavy atom. The van der Waals surface area contributed by atoms with E-state index >= 15 is 0 Å². The number of fused-ring (bicyclic) bond motifs is 1. The smallest absolute Gasteiger partial charge is 0.131 e. The van der Waals surface area contributed by atoms with Gasteiger partial charge in [0.2, 0.25) is 0 Å². The van der Waals surface area contributed by atoms with Crippen LogP contribution in [-0.4, -0.2) is 16.7 Å². The summed E-state index contributed by atoms with van der Waals surface area (Å²) >= 11 is 1.52. The lowest BCUT2D eigenvalue weighted by atomic mass is 10.1. The number of hydrogen-bond donors (Lipinski definition) is 1. The number of aliphatic hydroxyl groups excluding tert-OH is 1. The first kappa shape index (κ1) is 14.0. The van der Waals surface area contributed by atoms with E-state index in [1.807, 2.05) is 48.5 Å². The number of aromatic nitrogens is 1. The zero-order valence-corrected chi connectivity index (χ0v) is 12.6. The van der Waals surface area contributed by atoms with Gasteiger partial charge in [-0.05, 0) is 36.2 Å². The van der Waals surface area contributed by atoms with Gasteiger partial charge in [-0.3, -0.25) is 0 Å². The van der Waals surface area contributed by atoms with Crippen LogP contribution in [0.5, 0.6) is 5.75 Å². The van der Waals surface area contributed by atoms with Crippen LogP contribution in [0.1, 0.15) is 30.0 Å². The molecule has 0 spiro atoms. The second kappa shape index (κ2) is 6.24. The van der Waals surface area contributed by atoms with E-state index in [2.05, 4.69) is 11.9 Å². The van der Waals surface area contributed by atoms with Gasteiger partial charge >= 0.3 is 0 Å². The van der Waals surface area contributed by atoms with Crippen LogP contribution in [0.2, 0.25) is 0 Å². The molecule has 0 aliphatic heterocycles. The summed E-state index contributed by atoms with van der Waals surface area (Å²) in [5.41, 5.74) is 1.73.